The van der Waals surface area contributed by atoms with Gasteiger partial charge < -0.3 is 10.4 Å². The quantitative estimate of drug-likeness (QED) is 0.647. The Morgan fingerprint density at radius 2 is 2.36 bits per heavy atom. The Kier molecular flexibility index (Phi) is 3.87. The van der Waals surface area contributed by atoms with Gasteiger partial charge in [-0.15, -0.1) is 0 Å². The van der Waals surface area contributed by atoms with Crippen molar-refractivity contribution in [2.24, 2.45) is 0 Å². The Bertz CT molecular complexity index is 106. The van der Waals surface area contributed by atoms with Crippen LogP contribution in [-0.4, -0.2) is 23.8 Å². The normalized spacial score (nSPS) is 32.2. The molecule has 1 rings (SSSR count). The van der Waals surface area contributed by atoms with Crippen LogP contribution >= 0.6 is 0 Å². The second-order valence-electron chi connectivity index (χ2n) is 3.41. The van der Waals surface area contributed by atoms with E-state index in [1.165, 1.54) is 12.8 Å². The van der Waals surface area contributed by atoms with E-state index >= 15 is 0 Å². The Morgan fingerprint density at radius 3 is 3.00 bits per heavy atom. The summed E-state index contributed by atoms with van der Waals surface area (Å²) in [7, 11) is 0. The van der Waals surface area contributed by atoms with E-state index in [2.05, 4.69) is 12.2 Å². The fraction of sp³-hybridized carbons (Fsp3) is 1.00. The van der Waals surface area contributed by atoms with Crippen LogP contribution in [0.5, 0.6) is 0 Å². The summed E-state index contributed by atoms with van der Waals surface area (Å²) < 4.78 is 0. The molecule has 1 saturated heterocycles. The number of rotatable bonds is 3. The molecule has 0 aromatic rings. The summed E-state index contributed by atoms with van der Waals surface area (Å²) in [5, 5.41) is 12.9. The van der Waals surface area contributed by atoms with Crippen LogP contribution in [-0.2, 0) is 0 Å². The van der Waals surface area contributed by atoms with E-state index in [1.54, 1.807) is 0 Å². The average molecular weight is 157 g/mol. The van der Waals surface area contributed by atoms with Crippen molar-refractivity contribution >= 4 is 0 Å². The van der Waals surface area contributed by atoms with E-state index in [0.717, 1.165) is 25.8 Å². The molecule has 0 bridgehead atoms. The van der Waals surface area contributed by atoms with Crippen LogP contribution in [0.15, 0.2) is 0 Å². The SMILES string of the molecule is CCCC[C@@H]1NCCC[C@@H]1O. The third-order valence-electron chi connectivity index (χ3n) is 2.42. The highest BCUT2D eigenvalue weighted by molar-refractivity contribution is 4.79. The van der Waals surface area contributed by atoms with Crippen molar-refractivity contribution < 1.29 is 5.11 Å². The summed E-state index contributed by atoms with van der Waals surface area (Å²) in [6, 6.07) is 0.378. The van der Waals surface area contributed by atoms with Crippen LogP contribution < -0.4 is 5.32 Å². The Hall–Kier alpha value is -0.0800. The van der Waals surface area contributed by atoms with E-state index in [9.17, 15) is 5.11 Å². The summed E-state index contributed by atoms with van der Waals surface area (Å²) >= 11 is 0. The number of hydrogen-bond acceptors (Lipinski definition) is 2. The van der Waals surface area contributed by atoms with Crippen LogP contribution in [0.25, 0.3) is 0 Å². The minimum atomic E-state index is -0.0877. The van der Waals surface area contributed by atoms with Gasteiger partial charge in [0.15, 0.2) is 0 Å². The van der Waals surface area contributed by atoms with E-state index in [1.807, 2.05) is 0 Å². The first kappa shape index (κ1) is 9.01. The van der Waals surface area contributed by atoms with E-state index in [0.29, 0.717) is 6.04 Å². The highest BCUT2D eigenvalue weighted by Crippen LogP contribution is 2.13. The summed E-state index contributed by atoms with van der Waals surface area (Å²) in [5.41, 5.74) is 0. The van der Waals surface area contributed by atoms with Crippen LogP contribution in [0.4, 0.5) is 0 Å². The van der Waals surface area contributed by atoms with Gasteiger partial charge >= 0.3 is 0 Å². The lowest BCUT2D eigenvalue weighted by molar-refractivity contribution is 0.0914. The molecule has 0 radical (unpaired) electrons. The molecule has 1 aliphatic heterocycles. The minimum absolute atomic E-state index is 0.0877. The molecule has 66 valence electrons. The largest absolute Gasteiger partial charge is 0.392 e. The molecule has 11 heavy (non-hydrogen) atoms. The van der Waals surface area contributed by atoms with Crippen molar-refractivity contribution in [1.29, 1.82) is 0 Å². The molecule has 0 aliphatic carbocycles. The van der Waals surface area contributed by atoms with Crippen molar-refractivity contribution in [3.8, 4) is 0 Å². The van der Waals surface area contributed by atoms with Gasteiger partial charge in [0.2, 0.25) is 0 Å². The standard InChI is InChI=1S/C9H19NO/c1-2-3-5-8-9(11)6-4-7-10-8/h8-11H,2-7H2,1H3/t8-,9-/m0/s1. The van der Waals surface area contributed by atoms with Crippen LogP contribution in [0.1, 0.15) is 39.0 Å². The van der Waals surface area contributed by atoms with E-state index < -0.39 is 0 Å². The summed E-state index contributed by atoms with van der Waals surface area (Å²) in [6.45, 7) is 3.28. The molecule has 0 unspecified atom stereocenters. The molecule has 0 amide bonds. The van der Waals surface area contributed by atoms with Gasteiger partial charge in [0.25, 0.3) is 0 Å². The van der Waals surface area contributed by atoms with Gasteiger partial charge in [-0.3, -0.25) is 0 Å². The fourth-order valence-corrected chi connectivity index (χ4v) is 1.65. The summed E-state index contributed by atoms with van der Waals surface area (Å²) in [5.74, 6) is 0. The van der Waals surface area contributed by atoms with Crippen molar-refractivity contribution in [2.75, 3.05) is 6.54 Å². The number of hydrogen-bond donors (Lipinski definition) is 2. The Morgan fingerprint density at radius 1 is 1.55 bits per heavy atom. The maximum atomic E-state index is 9.53. The topological polar surface area (TPSA) is 32.3 Å². The minimum Gasteiger partial charge on any atom is -0.392 e. The van der Waals surface area contributed by atoms with Gasteiger partial charge in [-0.2, -0.15) is 0 Å². The van der Waals surface area contributed by atoms with Crippen LogP contribution in [0, 0.1) is 0 Å². The molecule has 1 aliphatic rings. The molecule has 2 N–H and O–H groups in total. The van der Waals surface area contributed by atoms with Crippen LogP contribution in [0.3, 0.4) is 0 Å². The maximum Gasteiger partial charge on any atom is 0.0693 e. The van der Waals surface area contributed by atoms with E-state index in [-0.39, 0.29) is 6.10 Å². The third-order valence-corrected chi connectivity index (χ3v) is 2.42. The monoisotopic (exact) mass is 157 g/mol. The average Bonchev–Trinajstić information content (AvgIpc) is 2.03. The molecule has 0 saturated carbocycles. The molecule has 2 nitrogen and oxygen atoms in total. The Labute approximate surface area is 69.0 Å². The molecule has 0 aromatic carbocycles. The first-order chi connectivity index (χ1) is 5.34. The van der Waals surface area contributed by atoms with Crippen molar-refractivity contribution in [2.45, 2.75) is 51.2 Å². The number of aliphatic hydroxyl groups is 1. The zero-order valence-electron chi connectivity index (χ0n) is 7.34. The summed E-state index contributed by atoms with van der Waals surface area (Å²) in [6.07, 6.45) is 5.62. The number of aliphatic hydroxyl groups excluding tert-OH is 1. The highest BCUT2D eigenvalue weighted by atomic mass is 16.3. The second-order valence-corrected chi connectivity index (χ2v) is 3.41. The van der Waals surface area contributed by atoms with Gasteiger partial charge in [0, 0.05) is 6.04 Å². The molecular weight excluding hydrogens is 138 g/mol. The predicted molar refractivity (Wildman–Crippen MR) is 46.6 cm³/mol. The number of piperidine rings is 1. The lowest BCUT2D eigenvalue weighted by Gasteiger charge is -2.28. The van der Waals surface area contributed by atoms with Gasteiger partial charge in [0.1, 0.15) is 0 Å². The summed E-state index contributed by atoms with van der Waals surface area (Å²) in [4.78, 5) is 0. The number of nitrogens with one attached hydrogen (secondary N) is 1. The van der Waals surface area contributed by atoms with Crippen molar-refractivity contribution in [3.05, 3.63) is 0 Å². The van der Waals surface area contributed by atoms with E-state index in [4.69, 9.17) is 0 Å². The first-order valence-corrected chi connectivity index (χ1v) is 4.76. The lowest BCUT2D eigenvalue weighted by atomic mass is 9.97. The maximum absolute atomic E-state index is 9.53. The second kappa shape index (κ2) is 4.73. The predicted octanol–water partition coefficient (Wildman–Crippen LogP) is 1.29. The van der Waals surface area contributed by atoms with Crippen LogP contribution in [0.2, 0.25) is 0 Å². The third kappa shape index (κ3) is 2.80. The molecule has 2 atom stereocenters. The molecular formula is C9H19NO. The Balaban J connectivity index is 2.18. The zero-order valence-corrected chi connectivity index (χ0v) is 7.34. The molecule has 2 heteroatoms. The van der Waals surface area contributed by atoms with Gasteiger partial charge in [-0.25, -0.2) is 0 Å². The molecule has 0 aromatic heterocycles. The lowest BCUT2D eigenvalue weighted by Crippen LogP contribution is -2.44. The molecule has 1 fully saturated rings. The van der Waals surface area contributed by atoms with Crippen molar-refractivity contribution in [1.82, 2.24) is 5.32 Å². The molecule has 1 heterocycles. The highest BCUT2D eigenvalue weighted by Gasteiger charge is 2.20. The zero-order chi connectivity index (χ0) is 8.10. The van der Waals surface area contributed by atoms with Gasteiger partial charge in [-0.05, 0) is 25.8 Å². The van der Waals surface area contributed by atoms with Crippen molar-refractivity contribution in [3.63, 3.8) is 0 Å². The van der Waals surface area contributed by atoms with Gasteiger partial charge in [-0.1, -0.05) is 19.8 Å². The smallest absolute Gasteiger partial charge is 0.0693 e. The fourth-order valence-electron chi connectivity index (χ4n) is 1.65. The molecule has 0 spiro atoms. The first-order valence-electron chi connectivity index (χ1n) is 4.76. The van der Waals surface area contributed by atoms with Gasteiger partial charge in [0.05, 0.1) is 6.10 Å². The number of unbranched alkanes of at least 4 members (excludes halogenated alkanes) is 1.